The van der Waals surface area contributed by atoms with E-state index in [4.69, 9.17) is 4.98 Å². The van der Waals surface area contributed by atoms with E-state index in [1.165, 1.54) is 15.6 Å². The molecule has 0 spiro atoms. The normalized spacial score (nSPS) is 13.6. The summed E-state index contributed by atoms with van der Waals surface area (Å²) in [6.07, 6.45) is 2.15. The fraction of sp³-hybridized carbons (Fsp3) is 0.562. The lowest BCUT2D eigenvalue weighted by atomic mass is 9.93. The van der Waals surface area contributed by atoms with Crippen LogP contribution in [0.3, 0.4) is 0 Å². The van der Waals surface area contributed by atoms with Crippen LogP contribution in [0.15, 0.2) is 22.9 Å². The molecular weight excluding hydrogens is 284 g/mol. The Kier molecular flexibility index (Phi) is 5.35. The van der Waals surface area contributed by atoms with Crippen molar-refractivity contribution in [1.29, 1.82) is 0 Å². The zero-order valence-corrected chi connectivity index (χ0v) is 14.4. The molecule has 1 atom stereocenters. The quantitative estimate of drug-likeness (QED) is 0.830. The van der Waals surface area contributed by atoms with Crippen LogP contribution in [0.4, 0.5) is 0 Å². The van der Waals surface area contributed by atoms with Crippen molar-refractivity contribution in [2.45, 2.75) is 52.0 Å². The Morgan fingerprint density at radius 3 is 2.65 bits per heavy atom. The molecule has 2 rings (SSSR count). The molecule has 1 unspecified atom stereocenters. The maximum absolute atomic E-state index is 4.82. The number of hydrogen-bond acceptors (Lipinski definition) is 4. The van der Waals surface area contributed by atoms with Crippen molar-refractivity contribution in [2.24, 2.45) is 0 Å². The molecule has 0 aliphatic heterocycles. The predicted octanol–water partition coefficient (Wildman–Crippen LogP) is 4.79. The highest BCUT2D eigenvalue weighted by molar-refractivity contribution is 7.10. The Bertz CT molecular complexity index is 509. The summed E-state index contributed by atoms with van der Waals surface area (Å²) < 4.78 is 0. The van der Waals surface area contributed by atoms with Gasteiger partial charge in [-0.05, 0) is 24.4 Å². The second kappa shape index (κ2) is 6.83. The maximum Gasteiger partial charge on any atom is 0.0947 e. The van der Waals surface area contributed by atoms with E-state index in [2.05, 4.69) is 55.9 Å². The number of aromatic nitrogens is 1. The molecule has 0 saturated heterocycles. The monoisotopic (exact) mass is 308 g/mol. The smallest absolute Gasteiger partial charge is 0.0947 e. The van der Waals surface area contributed by atoms with Crippen LogP contribution in [-0.2, 0) is 11.8 Å². The largest absolute Gasteiger partial charge is 0.309 e. The summed E-state index contributed by atoms with van der Waals surface area (Å²) in [5.74, 6) is 0. The molecular formula is C16H24N2S2. The molecule has 20 heavy (non-hydrogen) atoms. The zero-order chi connectivity index (χ0) is 14.6. The number of thiazole rings is 1. The highest BCUT2D eigenvalue weighted by Gasteiger charge is 2.19. The number of nitrogens with one attached hydrogen (secondary N) is 1. The highest BCUT2D eigenvalue weighted by Crippen LogP contribution is 2.28. The first-order chi connectivity index (χ1) is 9.50. The molecule has 0 aliphatic rings. The van der Waals surface area contributed by atoms with Gasteiger partial charge in [-0.3, -0.25) is 0 Å². The van der Waals surface area contributed by atoms with Gasteiger partial charge in [0.15, 0.2) is 0 Å². The first-order valence-electron chi connectivity index (χ1n) is 7.22. The summed E-state index contributed by atoms with van der Waals surface area (Å²) in [6, 6.07) is 4.74. The SMILES string of the molecule is CCCNC(Cc1nc(C(C)(C)C)cs1)c1cccs1. The highest BCUT2D eigenvalue weighted by atomic mass is 32.1. The first-order valence-corrected chi connectivity index (χ1v) is 8.98. The van der Waals surface area contributed by atoms with Crippen molar-refractivity contribution in [3.05, 3.63) is 38.5 Å². The van der Waals surface area contributed by atoms with Gasteiger partial charge in [-0.2, -0.15) is 0 Å². The van der Waals surface area contributed by atoms with Gasteiger partial charge in [-0.25, -0.2) is 4.98 Å². The fourth-order valence-corrected chi connectivity index (χ4v) is 3.88. The van der Waals surface area contributed by atoms with E-state index in [-0.39, 0.29) is 5.41 Å². The standard InChI is InChI=1S/C16H24N2S2/c1-5-8-17-12(13-7-6-9-19-13)10-15-18-14(11-20-15)16(2,3)4/h6-7,9,11-12,17H,5,8,10H2,1-4H3. The van der Waals surface area contributed by atoms with Gasteiger partial charge in [0.2, 0.25) is 0 Å². The van der Waals surface area contributed by atoms with Crippen molar-refractivity contribution in [1.82, 2.24) is 10.3 Å². The van der Waals surface area contributed by atoms with Gasteiger partial charge < -0.3 is 5.32 Å². The summed E-state index contributed by atoms with van der Waals surface area (Å²) in [5, 5.41) is 9.24. The van der Waals surface area contributed by atoms with Crippen LogP contribution >= 0.6 is 22.7 Å². The molecule has 0 bridgehead atoms. The second-order valence-corrected chi connectivity index (χ2v) is 8.02. The Labute approximate surface area is 130 Å². The lowest BCUT2D eigenvalue weighted by Crippen LogP contribution is -2.23. The van der Waals surface area contributed by atoms with Gasteiger partial charge in [0.25, 0.3) is 0 Å². The number of thiophene rings is 1. The third-order valence-electron chi connectivity index (χ3n) is 3.23. The Balaban J connectivity index is 2.09. The molecule has 0 radical (unpaired) electrons. The molecule has 1 N–H and O–H groups in total. The van der Waals surface area contributed by atoms with Crippen molar-refractivity contribution in [3.63, 3.8) is 0 Å². The zero-order valence-electron chi connectivity index (χ0n) is 12.8. The van der Waals surface area contributed by atoms with E-state index < -0.39 is 0 Å². The summed E-state index contributed by atoms with van der Waals surface area (Å²) in [5.41, 5.74) is 1.35. The predicted molar refractivity (Wildman–Crippen MR) is 89.9 cm³/mol. The van der Waals surface area contributed by atoms with Crippen LogP contribution in [0.5, 0.6) is 0 Å². The molecule has 2 nitrogen and oxygen atoms in total. The van der Waals surface area contributed by atoms with Crippen LogP contribution in [0.25, 0.3) is 0 Å². The third-order valence-corrected chi connectivity index (χ3v) is 5.08. The Morgan fingerprint density at radius 1 is 1.30 bits per heavy atom. The lowest BCUT2D eigenvalue weighted by Gasteiger charge is -2.16. The van der Waals surface area contributed by atoms with Gasteiger partial charge in [0.1, 0.15) is 0 Å². The molecule has 4 heteroatoms. The number of hydrogen-bond donors (Lipinski definition) is 1. The van der Waals surface area contributed by atoms with Crippen LogP contribution < -0.4 is 5.32 Å². The van der Waals surface area contributed by atoms with Crippen molar-refractivity contribution in [3.8, 4) is 0 Å². The van der Waals surface area contributed by atoms with Crippen LogP contribution in [-0.4, -0.2) is 11.5 Å². The topological polar surface area (TPSA) is 24.9 Å². The molecule has 2 aromatic rings. The minimum absolute atomic E-state index is 0.143. The van der Waals surface area contributed by atoms with Crippen LogP contribution in [0, 0.1) is 0 Å². The minimum Gasteiger partial charge on any atom is -0.309 e. The van der Waals surface area contributed by atoms with Gasteiger partial charge >= 0.3 is 0 Å². The fourth-order valence-electron chi connectivity index (χ4n) is 2.01. The summed E-state index contributed by atoms with van der Waals surface area (Å²) >= 11 is 3.62. The van der Waals surface area contributed by atoms with Crippen molar-refractivity contribution < 1.29 is 0 Å². The molecule has 2 heterocycles. The lowest BCUT2D eigenvalue weighted by molar-refractivity contribution is 0.530. The Morgan fingerprint density at radius 2 is 2.10 bits per heavy atom. The van der Waals surface area contributed by atoms with E-state index >= 15 is 0 Å². The van der Waals surface area contributed by atoms with E-state index in [1.54, 1.807) is 11.3 Å². The molecule has 0 fully saturated rings. The van der Waals surface area contributed by atoms with Crippen LogP contribution in [0.1, 0.15) is 55.7 Å². The number of nitrogens with zero attached hydrogens (tertiary/aromatic N) is 1. The average molecular weight is 309 g/mol. The van der Waals surface area contributed by atoms with E-state index in [9.17, 15) is 0 Å². The Hall–Kier alpha value is -0.710. The van der Waals surface area contributed by atoms with Crippen molar-refractivity contribution >= 4 is 22.7 Å². The maximum atomic E-state index is 4.82. The molecule has 0 aromatic carbocycles. The van der Waals surface area contributed by atoms with Crippen molar-refractivity contribution in [2.75, 3.05) is 6.54 Å². The third kappa shape index (κ3) is 4.14. The van der Waals surface area contributed by atoms with E-state index in [0.29, 0.717) is 6.04 Å². The second-order valence-electron chi connectivity index (χ2n) is 6.10. The van der Waals surface area contributed by atoms with Gasteiger partial charge in [-0.1, -0.05) is 33.8 Å². The minimum atomic E-state index is 0.143. The molecule has 0 amide bonds. The summed E-state index contributed by atoms with van der Waals surface area (Å²) in [7, 11) is 0. The number of rotatable bonds is 6. The van der Waals surface area contributed by atoms with Gasteiger partial charge in [0.05, 0.1) is 10.7 Å². The summed E-state index contributed by atoms with van der Waals surface area (Å²) in [4.78, 5) is 6.23. The molecule has 2 aromatic heterocycles. The molecule has 0 saturated carbocycles. The van der Waals surface area contributed by atoms with Gasteiger partial charge in [0, 0.05) is 28.1 Å². The molecule has 110 valence electrons. The van der Waals surface area contributed by atoms with Gasteiger partial charge in [-0.15, -0.1) is 22.7 Å². The van der Waals surface area contributed by atoms with Crippen LogP contribution in [0.2, 0.25) is 0 Å². The first kappa shape index (κ1) is 15.7. The average Bonchev–Trinajstić information content (AvgIpc) is 3.04. The van der Waals surface area contributed by atoms with E-state index in [0.717, 1.165) is 19.4 Å². The van der Waals surface area contributed by atoms with E-state index in [1.807, 2.05) is 11.3 Å². The summed E-state index contributed by atoms with van der Waals surface area (Å²) in [6.45, 7) is 9.92. The molecule has 0 aliphatic carbocycles.